The van der Waals surface area contributed by atoms with Crippen molar-refractivity contribution in [2.24, 2.45) is 0 Å². The fourth-order valence-corrected chi connectivity index (χ4v) is 4.79. The maximum Gasteiger partial charge on any atom is 0.408 e. The van der Waals surface area contributed by atoms with E-state index in [1.807, 2.05) is 6.07 Å². The van der Waals surface area contributed by atoms with Crippen LogP contribution in [0.3, 0.4) is 0 Å². The molecule has 0 saturated carbocycles. The SMILES string of the molecule is CCOP(=O)(OCC)C(F)(F)c1ccc(C[C@@H](NC(=O)OC(C)(C)C)C(=O)OCc2ccccc2)cc1. The second kappa shape index (κ2) is 13.1. The lowest BCUT2D eigenvalue weighted by atomic mass is 10.0. The summed E-state index contributed by atoms with van der Waals surface area (Å²) in [4.78, 5) is 25.2. The lowest BCUT2D eigenvalue weighted by Crippen LogP contribution is -2.45. The van der Waals surface area contributed by atoms with Gasteiger partial charge in [-0.15, -0.1) is 0 Å². The largest absolute Gasteiger partial charge is 0.459 e. The minimum absolute atomic E-state index is 0.0124. The maximum absolute atomic E-state index is 15.0. The number of amides is 1. The summed E-state index contributed by atoms with van der Waals surface area (Å²) >= 11 is 0. The number of carbonyl (C=O) groups excluding carboxylic acids is 2. The van der Waals surface area contributed by atoms with Gasteiger partial charge in [-0.1, -0.05) is 54.6 Å². The highest BCUT2D eigenvalue weighted by Crippen LogP contribution is 2.66. The number of hydrogen-bond donors (Lipinski definition) is 1. The van der Waals surface area contributed by atoms with Crippen LogP contribution in [0.1, 0.15) is 51.3 Å². The van der Waals surface area contributed by atoms with Crippen molar-refractivity contribution in [3.63, 3.8) is 0 Å². The molecule has 0 bridgehead atoms. The van der Waals surface area contributed by atoms with E-state index in [1.54, 1.807) is 45.0 Å². The van der Waals surface area contributed by atoms with Gasteiger partial charge in [0.15, 0.2) is 0 Å². The summed E-state index contributed by atoms with van der Waals surface area (Å²) in [6, 6.07) is 12.7. The van der Waals surface area contributed by atoms with Crippen LogP contribution >= 0.6 is 7.60 Å². The number of carbonyl (C=O) groups is 2. The molecule has 2 rings (SSSR count). The molecule has 0 aliphatic carbocycles. The molecule has 0 fully saturated rings. The Balaban J connectivity index is 2.22. The summed E-state index contributed by atoms with van der Waals surface area (Å²) in [5, 5.41) is 2.49. The average Bonchev–Trinajstić information content (AvgIpc) is 2.82. The van der Waals surface area contributed by atoms with E-state index in [0.717, 1.165) is 17.7 Å². The number of alkyl halides is 2. The number of hydrogen-bond acceptors (Lipinski definition) is 7. The molecule has 0 aliphatic heterocycles. The Morgan fingerprint density at radius 1 is 0.919 bits per heavy atom. The molecule has 1 amide bonds. The Morgan fingerprint density at radius 3 is 2.00 bits per heavy atom. The zero-order chi connectivity index (χ0) is 27.7. The van der Waals surface area contributed by atoms with Crippen molar-refractivity contribution < 1.29 is 41.5 Å². The molecular formula is C26H34F2NO7P. The van der Waals surface area contributed by atoms with Crippen molar-refractivity contribution in [1.29, 1.82) is 0 Å². The van der Waals surface area contributed by atoms with Crippen LogP contribution in [-0.2, 0) is 46.6 Å². The summed E-state index contributed by atoms with van der Waals surface area (Å²) in [6.07, 6.45) is -0.889. The minimum Gasteiger partial charge on any atom is -0.459 e. The van der Waals surface area contributed by atoms with Crippen LogP contribution in [0.4, 0.5) is 13.6 Å². The van der Waals surface area contributed by atoms with E-state index >= 15 is 8.78 Å². The molecule has 1 atom stereocenters. The third kappa shape index (κ3) is 8.91. The van der Waals surface area contributed by atoms with Crippen LogP contribution in [0.15, 0.2) is 54.6 Å². The van der Waals surface area contributed by atoms with E-state index in [-0.39, 0.29) is 26.2 Å². The Morgan fingerprint density at radius 2 is 1.49 bits per heavy atom. The van der Waals surface area contributed by atoms with E-state index in [9.17, 15) is 14.2 Å². The number of esters is 1. The number of nitrogens with one attached hydrogen (secondary N) is 1. The van der Waals surface area contributed by atoms with E-state index in [1.165, 1.54) is 26.0 Å². The molecule has 11 heteroatoms. The highest BCUT2D eigenvalue weighted by Gasteiger charge is 2.54. The summed E-state index contributed by atoms with van der Waals surface area (Å²) in [6.45, 7) is 7.48. The molecule has 0 heterocycles. The van der Waals surface area contributed by atoms with E-state index in [2.05, 4.69) is 5.32 Å². The normalized spacial score (nSPS) is 13.1. The second-order valence-corrected chi connectivity index (χ2v) is 11.1. The topological polar surface area (TPSA) is 100 Å². The Labute approximate surface area is 216 Å². The first-order valence-corrected chi connectivity index (χ1v) is 13.4. The monoisotopic (exact) mass is 541 g/mol. The van der Waals surface area contributed by atoms with Gasteiger partial charge in [-0.3, -0.25) is 4.57 Å². The predicted molar refractivity (Wildman–Crippen MR) is 134 cm³/mol. The van der Waals surface area contributed by atoms with E-state index in [0.29, 0.717) is 5.56 Å². The van der Waals surface area contributed by atoms with Gasteiger partial charge in [0.25, 0.3) is 0 Å². The molecular weight excluding hydrogens is 507 g/mol. The van der Waals surface area contributed by atoms with Crippen molar-refractivity contribution in [3.05, 3.63) is 71.3 Å². The molecule has 8 nitrogen and oxygen atoms in total. The van der Waals surface area contributed by atoms with E-state index in [4.69, 9.17) is 18.5 Å². The van der Waals surface area contributed by atoms with Gasteiger partial charge in [0.1, 0.15) is 18.2 Å². The van der Waals surface area contributed by atoms with Gasteiger partial charge in [0.05, 0.1) is 13.2 Å². The predicted octanol–water partition coefficient (Wildman–Crippen LogP) is 6.18. The zero-order valence-electron chi connectivity index (χ0n) is 21.7. The minimum atomic E-state index is -4.76. The first-order chi connectivity index (χ1) is 17.3. The van der Waals surface area contributed by atoms with Gasteiger partial charge < -0.3 is 23.8 Å². The van der Waals surface area contributed by atoms with Crippen LogP contribution < -0.4 is 5.32 Å². The maximum atomic E-state index is 15.0. The molecule has 0 aromatic heterocycles. The van der Waals surface area contributed by atoms with Crippen LogP contribution in [0, 0.1) is 0 Å². The second-order valence-electron chi connectivity index (χ2n) is 9.07. The number of halogens is 2. The molecule has 1 N–H and O–H groups in total. The van der Waals surface area contributed by atoms with Crippen molar-refractivity contribution in [3.8, 4) is 0 Å². The van der Waals surface area contributed by atoms with Crippen LogP contribution in [0.5, 0.6) is 0 Å². The molecule has 204 valence electrons. The number of alkyl carbamates (subject to hydrolysis) is 1. The van der Waals surface area contributed by atoms with Crippen LogP contribution in [-0.4, -0.2) is 36.9 Å². The first kappa shape index (κ1) is 30.4. The van der Waals surface area contributed by atoms with Gasteiger partial charge in [-0.05, 0) is 45.7 Å². The first-order valence-electron chi connectivity index (χ1n) is 11.9. The average molecular weight is 542 g/mol. The van der Waals surface area contributed by atoms with Gasteiger partial charge in [-0.2, -0.15) is 8.78 Å². The third-order valence-corrected chi connectivity index (χ3v) is 7.02. The fraction of sp³-hybridized carbons (Fsp3) is 0.462. The smallest absolute Gasteiger partial charge is 0.408 e. The summed E-state index contributed by atoms with van der Waals surface area (Å²) in [5.41, 5.74) is -4.05. The molecule has 0 saturated heterocycles. The standard InChI is InChI=1S/C26H34F2NO7P/c1-6-34-37(32,35-7-2)26(27,28)21-15-13-19(14-16-21)17-22(29-24(31)36-25(3,4)5)23(30)33-18-20-11-9-8-10-12-20/h8-16,22H,6-7,17-18H2,1-5H3,(H,29,31)/t22-/m1/s1. The number of ether oxygens (including phenoxy) is 2. The molecule has 0 unspecified atom stereocenters. The Hall–Kier alpha value is -2.81. The van der Waals surface area contributed by atoms with Gasteiger partial charge in [0.2, 0.25) is 0 Å². The van der Waals surface area contributed by atoms with Crippen molar-refractivity contribution >= 4 is 19.7 Å². The summed E-state index contributed by atoms with van der Waals surface area (Å²) < 4.78 is 63.0. The quantitative estimate of drug-likeness (QED) is 0.253. The third-order valence-electron chi connectivity index (χ3n) is 4.88. The lowest BCUT2D eigenvalue weighted by molar-refractivity contribution is -0.147. The van der Waals surface area contributed by atoms with Crippen LogP contribution in [0.25, 0.3) is 0 Å². The highest BCUT2D eigenvalue weighted by atomic mass is 31.2. The van der Waals surface area contributed by atoms with Gasteiger partial charge >= 0.3 is 25.3 Å². The fourth-order valence-electron chi connectivity index (χ4n) is 3.25. The molecule has 2 aromatic rings. The van der Waals surface area contributed by atoms with Crippen LogP contribution in [0.2, 0.25) is 0 Å². The number of benzene rings is 2. The summed E-state index contributed by atoms with van der Waals surface area (Å²) in [5.74, 6) is -0.721. The Kier molecular flexibility index (Phi) is 10.8. The van der Waals surface area contributed by atoms with Gasteiger partial charge in [-0.25, -0.2) is 9.59 Å². The molecule has 0 aliphatic rings. The van der Waals surface area contributed by atoms with Crippen molar-refractivity contribution in [2.75, 3.05) is 13.2 Å². The molecule has 0 spiro atoms. The number of rotatable bonds is 12. The van der Waals surface area contributed by atoms with Crippen molar-refractivity contribution in [2.45, 2.75) is 65.0 Å². The van der Waals surface area contributed by atoms with Gasteiger partial charge in [0, 0.05) is 12.0 Å². The van der Waals surface area contributed by atoms with Crippen molar-refractivity contribution in [1.82, 2.24) is 5.32 Å². The molecule has 0 radical (unpaired) electrons. The summed E-state index contributed by atoms with van der Waals surface area (Å²) in [7, 11) is -4.76. The zero-order valence-corrected chi connectivity index (χ0v) is 22.6. The highest BCUT2D eigenvalue weighted by molar-refractivity contribution is 7.54. The lowest BCUT2D eigenvalue weighted by Gasteiger charge is -2.26. The Bertz CT molecular complexity index is 1060. The molecule has 2 aromatic carbocycles. The molecule has 37 heavy (non-hydrogen) atoms. The van der Waals surface area contributed by atoms with E-state index < -0.39 is 42.5 Å².